The smallest absolute Gasteiger partial charge is 0.128 e. The molecule has 0 radical (unpaired) electrons. The highest BCUT2D eigenvalue weighted by atomic mass is 35.5. The average molecular weight is 297 g/mol. The van der Waals surface area contributed by atoms with Crippen molar-refractivity contribution in [2.45, 2.75) is 19.6 Å². The van der Waals surface area contributed by atoms with Crippen molar-refractivity contribution >= 4 is 11.6 Å². The quantitative estimate of drug-likeness (QED) is 0.921. The van der Waals surface area contributed by atoms with E-state index in [1.807, 2.05) is 6.92 Å². The highest BCUT2D eigenvalue weighted by molar-refractivity contribution is 6.29. The number of nitrogens with zero attached hydrogens (tertiary/aromatic N) is 2. The monoisotopic (exact) mass is 296 g/mol. The Morgan fingerprint density at radius 1 is 1.30 bits per heavy atom. The number of aliphatic hydroxyl groups excluding tert-OH is 1. The van der Waals surface area contributed by atoms with E-state index in [-0.39, 0.29) is 6.54 Å². The molecule has 1 aromatic heterocycles. The van der Waals surface area contributed by atoms with Crippen molar-refractivity contribution in [2.24, 2.45) is 0 Å². The van der Waals surface area contributed by atoms with Crippen molar-refractivity contribution in [1.29, 1.82) is 0 Å². The van der Waals surface area contributed by atoms with Gasteiger partial charge in [0.1, 0.15) is 22.8 Å². The molecule has 1 heterocycles. The number of benzene rings is 1. The van der Waals surface area contributed by atoms with Crippen LogP contribution in [0.25, 0.3) is 0 Å². The van der Waals surface area contributed by atoms with Crippen LogP contribution >= 0.6 is 11.6 Å². The average Bonchev–Trinajstić information content (AvgIpc) is 2.75. The number of hydrogen-bond donors (Lipinski definition) is 1. The van der Waals surface area contributed by atoms with Crippen LogP contribution in [0.15, 0.2) is 24.3 Å². The predicted octanol–water partition coefficient (Wildman–Crippen LogP) is 2.60. The summed E-state index contributed by atoms with van der Waals surface area (Å²) in [5.41, 5.74) is 1.47. The van der Waals surface area contributed by atoms with Crippen molar-refractivity contribution in [3.05, 3.63) is 40.7 Å². The Kier molecular flexibility index (Phi) is 4.52. The number of rotatable bonds is 5. The number of hydrogen-bond acceptors (Lipinski definition) is 4. The van der Waals surface area contributed by atoms with Crippen molar-refractivity contribution in [3.63, 3.8) is 0 Å². The maximum absolute atomic E-state index is 10.3. The molecule has 2 rings (SSSR count). The molecule has 2 aromatic rings. The van der Waals surface area contributed by atoms with Crippen LogP contribution in [0, 0.1) is 6.92 Å². The number of methoxy groups -OCH3 is 2. The maximum atomic E-state index is 10.3. The van der Waals surface area contributed by atoms with Gasteiger partial charge in [-0.15, -0.1) is 0 Å². The molecule has 0 bridgehead atoms. The molecule has 0 saturated heterocycles. The molecule has 0 aliphatic rings. The van der Waals surface area contributed by atoms with E-state index in [2.05, 4.69) is 5.10 Å². The molecule has 0 aliphatic heterocycles. The highest BCUT2D eigenvalue weighted by Crippen LogP contribution is 2.30. The van der Waals surface area contributed by atoms with E-state index in [0.717, 1.165) is 5.69 Å². The first-order valence-electron chi connectivity index (χ1n) is 6.15. The summed E-state index contributed by atoms with van der Waals surface area (Å²) in [6, 6.07) is 7.03. The molecule has 1 N–H and O–H groups in total. The summed E-state index contributed by atoms with van der Waals surface area (Å²) in [6.45, 7) is 2.11. The van der Waals surface area contributed by atoms with Gasteiger partial charge in [-0.1, -0.05) is 11.6 Å². The van der Waals surface area contributed by atoms with E-state index in [1.165, 1.54) is 0 Å². The summed E-state index contributed by atoms with van der Waals surface area (Å²) in [4.78, 5) is 0. The predicted molar refractivity (Wildman–Crippen MR) is 76.5 cm³/mol. The van der Waals surface area contributed by atoms with Crippen LogP contribution in [-0.4, -0.2) is 29.1 Å². The highest BCUT2D eigenvalue weighted by Gasteiger charge is 2.16. The minimum Gasteiger partial charge on any atom is -0.497 e. The Labute approximate surface area is 122 Å². The first kappa shape index (κ1) is 14.7. The molecule has 5 nitrogen and oxygen atoms in total. The third-order valence-corrected chi connectivity index (χ3v) is 3.30. The fourth-order valence-electron chi connectivity index (χ4n) is 2.00. The number of ether oxygens (including phenoxy) is 2. The van der Waals surface area contributed by atoms with E-state index in [9.17, 15) is 5.11 Å². The maximum Gasteiger partial charge on any atom is 0.128 e. The van der Waals surface area contributed by atoms with Crippen LogP contribution < -0.4 is 9.47 Å². The standard InChI is InChI=1S/C14H17ClN2O3/c1-9-6-14(15)17(16-9)8-12(18)11-5-4-10(19-2)7-13(11)20-3/h4-7,12,18H,8H2,1-3H3. The minimum atomic E-state index is -0.771. The molecule has 6 heteroatoms. The number of aryl methyl sites for hydroxylation is 1. The summed E-state index contributed by atoms with van der Waals surface area (Å²) in [7, 11) is 3.13. The molecule has 0 spiro atoms. The Morgan fingerprint density at radius 3 is 2.60 bits per heavy atom. The second-order valence-corrected chi connectivity index (χ2v) is 4.80. The molecule has 0 fully saturated rings. The van der Waals surface area contributed by atoms with E-state index in [1.54, 1.807) is 43.2 Å². The summed E-state index contributed by atoms with van der Waals surface area (Å²) in [6.07, 6.45) is -0.771. The molecular weight excluding hydrogens is 280 g/mol. The molecule has 1 aromatic carbocycles. The molecule has 20 heavy (non-hydrogen) atoms. The van der Waals surface area contributed by atoms with Gasteiger partial charge in [-0.25, -0.2) is 0 Å². The van der Waals surface area contributed by atoms with E-state index in [0.29, 0.717) is 22.2 Å². The third kappa shape index (κ3) is 3.05. The molecule has 0 amide bonds. The summed E-state index contributed by atoms with van der Waals surface area (Å²) in [5, 5.41) is 15.1. The fourth-order valence-corrected chi connectivity index (χ4v) is 2.26. The Balaban J connectivity index is 2.24. The van der Waals surface area contributed by atoms with Gasteiger partial charge in [0.2, 0.25) is 0 Å². The van der Waals surface area contributed by atoms with Gasteiger partial charge in [0.15, 0.2) is 0 Å². The second kappa shape index (κ2) is 6.15. The molecule has 108 valence electrons. The second-order valence-electron chi connectivity index (χ2n) is 4.41. The molecule has 0 aliphatic carbocycles. The SMILES string of the molecule is COc1ccc(C(O)Cn2nc(C)cc2Cl)c(OC)c1. The van der Waals surface area contributed by atoms with Crippen molar-refractivity contribution in [3.8, 4) is 11.5 Å². The number of aliphatic hydroxyl groups is 1. The molecule has 1 atom stereocenters. The zero-order valence-corrected chi connectivity index (χ0v) is 12.4. The Hall–Kier alpha value is -1.72. The first-order chi connectivity index (χ1) is 9.55. The number of halogens is 1. The van der Waals surface area contributed by atoms with Crippen molar-refractivity contribution < 1.29 is 14.6 Å². The van der Waals surface area contributed by atoms with Crippen molar-refractivity contribution in [1.82, 2.24) is 9.78 Å². The van der Waals surface area contributed by atoms with Crippen LogP contribution in [0.2, 0.25) is 5.15 Å². The third-order valence-electron chi connectivity index (χ3n) is 3.00. The van der Waals surface area contributed by atoms with E-state index >= 15 is 0 Å². The first-order valence-corrected chi connectivity index (χ1v) is 6.53. The van der Waals surface area contributed by atoms with Gasteiger partial charge in [-0.2, -0.15) is 5.10 Å². The van der Waals surface area contributed by atoms with Gasteiger partial charge in [-0.3, -0.25) is 4.68 Å². The summed E-state index contributed by atoms with van der Waals surface area (Å²) < 4.78 is 12.0. The lowest BCUT2D eigenvalue weighted by Crippen LogP contribution is -2.11. The normalized spacial score (nSPS) is 12.2. The number of aromatic nitrogens is 2. The molecular formula is C14H17ClN2O3. The minimum absolute atomic E-state index is 0.259. The lowest BCUT2D eigenvalue weighted by molar-refractivity contribution is 0.147. The zero-order valence-electron chi connectivity index (χ0n) is 11.6. The van der Waals surface area contributed by atoms with Gasteiger partial charge >= 0.3 is 0 Å². The summed E-state index contributed by atoms with van der Waals surface area (Å²) in [5.74, 6) is 1.24. The van der Waals surface area contributed by atoms with Crippen LogP contribution in [0.4, 0.5) is 0 Å². The van der Waals surface area contributed by atoms with Crippen molar-refractivity contribution in [2.75, 3.05) is 14.2 Å². The largest absolute Gasteiger partial charge is 0.497 e. The van der Waals surface area contributed by atoms with Gasteiger partial charge in [0, 0.05) is 11.6 Å². The lowest BCUT2D eigenvalue weighted by Gasteiger charge is -2.16. The topological polar surface area (TPSA) is 56.5 Å². The van der Waals surface area contributed by atoms with Gasteiger partial charge < -0.3 is 14.6 Å². The fraction of sp³-hybridized carbons (Fsp3) is 0.357. The van der Waals surface area contributed by atoms with Crippen LogP contribution in [-0.2, 0) is 6.54 Å². The molecule has 1 unspecified atom stereocenters. The van der Waals surface area contributed by atoms with Gasteiger partial charge in [0.05, 0.1) is 26.5 Å². The summed E-state index contributed by atoms with van der Waals surface area (Å²) >= 11 is 6.04. The van der Waals surface area contributed by atoms with Crippen LogP contribution in [0.3, 0.4) is 0 Å². The van der Waals surface area contributed by atoms with Gasteiger partial charge in [0.25, 0.3) is 0 Å². The lowest BCUT2D eigenvalue weighted by atomic mass is 10.1. The zero-order chi connectivity index (χ0) is 14.7. The Bertz CT molecular complexity index is 598. The van der Waals surface area contributed by atoms with Crippen LogP contribution in [0.1, 0.15) is 17.4 Å². The molecule has 0 saturated carbocycles. The Morgan fingerprint density at radius 2 is 2.05 bits per heavy atom. The van der Waals surface area contributed by atoms with Crippen LogP contribution in [0.5, 0.6) is 11.5 Å². The van der Waals surface area contributed by atoms with E-state index < -0.39 is 6.10 Å². The van der Waals surface area contributed by atoms with Gasteiger partial charge in [-0.05, 0) is 25.1 Å². The van der Waals surface area contributed by atoms with E-state index in [4.69, 9.17) is 21.1 Å².